The Labute approximate surface area is 250 Å². The van der Waals surface area contributed by atoms with Gasteiger partial charge < -0.3 is 25.8 Å². The summed E-state index contributed by atoms with van der Waals surface area (Å²) >= 11 is 0. The van der Waals surface area contributed by atoms with Gasteiger partial charge in [0.05, 0.1) is 5.92 Å². The van der Waals surface area contributed by atoms with Gasteiger partial charge in [0.25, 0.3) is 5.91 Å². The standard InChI is InChI=1S/C31H40F3N7O2/c1-40-15-13-23(14-16-40)41(2)29(43)20-7-9-22(10-8-20)37-30-35-17-24(31(32,33)34)27(39-30)38-26-19-5-3-18(4-6-19)25(26)28(42)36-21-11-12-21/h7-10,17-19,21,23,25-26H,3-6,11-16H2,1-2H3,(H,36,42)(H2,35,37,38,39)/t18?,19?,25-,26+/m0/s1. The van der Waals surface area contributed by atoms with E-state index in [1.54, 1.807) is 29.2 Å². The molecule has 2 aromatic rings. The molecule has 5 fully saturated rings. The molecule has 7 rings (SSSR count). The Bertz CT molecular complexity index is 1320. The zero-order valence-electron chi connectivity index (χ0n) is 24.7. The molecule has 0 radical (unpaired) electrons. The van der Waals surface area contributed by atoms with E-state index in [9.17, 15) is 22.8 Å². The van der Waals surface area contributed by atoms with Crippen LogP contribution in [0.4, 0.5) is 30.6 Å². The fourth-order valence-corrected chi connectivity index (χ4v) is 7.05. The van der Waals surface area contributed by atoms with Crippen LogP contribution in [0.5, 0.6) is 0 Å². The van der Waals surface area contributed by atoms with Gasteiger partial charge in [-0.25, -0.2) is 4.98 Å². The van der Waals surface area contributed by atoms with E-state index in [0.717, 1.165) is 70.7 Å². The Balaban J connectivity index is 1.18. The Kier molecular flexibility index (Phi) is 8.23. The number of nitrogens with zero attached hydrogens (tertiary/aromatic N) is 4. The third-order valence-corrected chi connectivity index (χ3v) is 9.79. The van der Waals surface area contributed by atoms with Gasteiger partial charge in [-0.05, 0) is 108 Å². The lowest BCUT2D eigenvalue weighted by Gasteiger charge is -2.48. The molecule has 2 atom stereocenters. The average Bonchev–Trinajstić information content (AvgIpc) is 3.81. The minimum Gasteiger partial charge on any atom is -0.366 e. The van der Waals surface area contributed by atoms with E-state index in [-0.39, 0.29) is 47.5 Å². The van der Waals surface area contributed by atoms with Crippen molar-refractivity contribution in [1.29, 1.82) is 0 Å². The third kappa shape index (κ3) is 6.58. The molecular weight excluding hydrogens is 559 g/mol. The number of nitrogens with one attached hydrogen (secondary N) is 3. The topological polar surface area (TPSA) is 102 Å². The van der Waals surface area contributed by atoms with E-state index in [1.165, 1.54) is 0 Å². The minimum atomic E-state index is -4.66. The predicted molar refractivity (Wildman–Crippen MR) is 157 cm³/mol. The number of benzene rings is 1. The zero-order valence-corrected chi connectivity index (χ0v) is 24.7. The van der Waals surface area contributed by atoms with Crippen molar-refractivity contribution >= 4 is 29.3 Å². The lowest BCUT2D eigenvalue weighted by atomic mass is 9.61. The number of hydrogen-bond donors (Lipinski definition) is 3. The molecule has 12 heteroatoms. The fraction of sp³-hybridized carbons (Fsp3) is 0.613. The highest BCUT2D eigenvalue weighted by molar-refractivity contribution is 5.94. The van der Waals surface area contributed by atoms with Crippen LogP contribution in [0.3, 0.4) is 0 Å². The number of anilines is 3. The molecular formula is C31H40F3N7O2. The van der Waals surface area contributed by atoms with Crippen molar-refractivity contribution in [3.63, 3.8) is 0 Å². The second-order valence-electron chi connectivity index (χ2n) is 12.8. The van der Waals surface area contributed by atoms with Crippen LogP contribution >= 0.6 is 0 Å². The first kappa shape index (κ1) is 29.7. The molecule has 4 saturated carbocycles. The van der Waals surface area contributed by atoms with Gasteiger partial charge in [0.2, 0.25) is 11.9 Å². The number of halogens is 3. The van der Waals surface area contributed by atoms with Crippen LogP contribution in [0.25, 0.3) is 0 Å². The highest BCUT2D eigenvalue weighted by atomic mass is 19.4. The van der Waals surface area contributed by atoms with Crippen LogP contribution in [0.2, 0.25) is 0 Å². The molecule has 4 aliphatic carbocycles. The highest BCUT2D eigenvalue weighted by Crippen LogP contribution is 2.47. The van der Waals surface area contributed by atoms with Gasteiger partial charge in [-0.15, -0.1) is 0 Å². The summed E-state index contributed by atoms with van der Waals surface area (Å²) in [6.45, 7) is 1.90. The molecule has 2 heterocycles. The first-order valence-electron chi connectivity index (χ1n) is 15.4. The number of rotatable bonds is 8. The summed E-state index contributed by atoms with van der Waals surface area (Å²) in [5, 5.41) is 9.15. The molecule has 3 N–H and O–H groups in total. The van der Waals surface area contributed by atoms with Crippen molar-refractivity contribution in [2.24, 2.45) is 17.8 Å². The minimum absolute atomic E-state index is 0.00188. The Morgan fingerprint density at radius 1 is 0.953 bits per heavy atom. The molecule has 2 amide bonds. The number of carbonyl (C=O) groups excluding carboxylic acids is 2. The molecule has 1 aromatic carbocycles. The fourth-order valence-electron chi connectivity index (χ4n) is 7.05. The van der Waals surface area contributed by atoms with E-state index < -0.39 is 23.7 Å². The number of piperidine rings is 1. The number of alkyl halides is 3. The quantitative estimate of drug-likeness (QED) is 0.397. The molecule has 5 aliphatic rings. The first-order chi connectivity index (χ1) is 20.6. The van der Waals surface area contributed by atoms with Gasteiger partial charge in [0, 0.05) is 42.6 Å². The van der Waals surface area contributed by atoms with Crippen LogP contribution in [-0.4, -0.2) is 76.9 Å². The monoisotopic (exact) mass is 599 g/mol. The predicted octanol–water partition coefficient (Wildman–Crippen LogP) is 4.90. The molecule has 1 saturated heterocycles. The average molecular weight is 600 g/mol. The highest BCUT2D eigenvalue weighted by Gasteiger charge is 2.49. The van der Waals surface area contributed by atoms with Crippen LogP contribution in [0.15, 0.2) is 30.5 Å². The third-order valence-electron chi connectivity index (χ3n) is 9.79. The summed E-state index contributed by atoms with van der Waals surface area (Å²) in [7, 11) is 3.90. The van der Waals surface area contributed by atoms with Crippen molar-refractivity contribution in [3.8, 4) is 0 Å². The maximum atomic E-state index is 14.1. The molecule has 1 aromatic heterocycles. The number of fused-ring (bicyclic) bond motifs is 3. The summed E-state index contributed by atoms with van der Waals surface area (Å²) in [6, 6.07) is 6.73. The van der Waals surface area contributed by atoms with Gasteiger partial charge in [0.15, 0.2) is 0 Å². The second kappa shape index (κ2) is 11.9. The van der Waals surface area contributed by atoms with Crippen LogP contribution in [0.1, 0.15) is 67.3 Å². The molecule has 9 nitrogen and oxygen atoms in total. The SMILES string of the molecule is CN1CCC(N(C)C(=O)c2ccc(Nc3ncc(C(F)(F)F)c(N[C@@H]4C5CCC(CC5)[C@@H]4C(=O)NC4CC4)n3)cc2)CC1. The van der Waals surface area contributed by atoms with Gasteiger partial charge in [-0.1, -0.05) is 0 Å². The molecule has 1 aliphatic heterocycles. The zero-order chi connectivity index (χ0) is 30.3. The summed E-state index contributed by atoms with van der Waals surface area (Å²) in [5.74, 6) is -0.596. The summed E-state index contributed by atoms with van der Waals surface area (Å²) < 4.78 is 42.2. The van der Waals surface area contributed by atoms with E-state index in [2.05, 4.69) is 37.9 Å². The normalized spacial score (nSPS) is 26.2. The van der Waals surface area contributed by atoms with E-state index >= 15 is 0 Å². The number of hydrogen-bond acceptors (Lipinski definition) is 7. The van der Waals surface area contributed by atoms with Crippen molar-refractivity contribution in [2.45, 2.75) is 75.7 Å². The maximum Gasteiger partial charge on any atom is 0.421 e. The van der Waals surface area contributed by atoms with E-state index in [4.69, 9.17) is 0 Å². The Hall–Kier alpha value is -3.41. The van der Waals surface area contributed by atoms with Crippen molar-refractivity contribution in [3.05, 3.63) is 41.6 Å². The van der Waals surface area contributed by atoms with Gasteiger partial charge in [0.1, 0.15) is 11.4 Å². The van der Waals surface area contributed by atoms with Crippen LogP contribution in [-0.2, 0) is 11.0 Å². The summed E-state index contributed by atoms with van der Waals surface area (Å²) in [5.41, 5.74) is 0.117. The van der Waals surface area contributed by atoms with Crippen molar-refractivity contribution < 1.29 is 22.8 Å². The molecule has 2 bridgehead atoms. The Morgan fingerprint density at radius 3 is 2.23 bits per heavy atom. The van der Waals surface area contributed by atoms with Gasteiger partial charge >= 0.3 is 6.18 Å². The lowest BCUT2D eigenvalue weighted by molar-refractivity contribution is -0.137. The smallest absolute Gasteiger partial charge is 0.366 e. The number of likely N-dealkylation sites (tertiary alicyclic amines) is 1. The maximum absolute atomic E-state index is 14.1. The van der Waals surface area contributed by atoms with Crippen molar-refractivity contribution in [1.82, 2.24) is 25.1 Å². The Morgan fingerprint density at radius 2 is 1.60 bits per heavy atom. The first-order valence-corrected chi connectivity index (χ1v) is 15.4. The largest absolute Gasteiger partial charge is 0.421 e. The van der Waals surface area contributed by atoms with Crippen LogP contribution < -0.4 is 16.0 Å². The van der Waals surface area contributed by atoms with E-state index in [0.29, 0.717) is 11.3 Å². The van der Waals surface area contributed by atoms with Gasteiger partial charge in [-0.3, -0.25) is 9.59 Å². The number of aromatic nitrogens is 2. The van der Waals surface area contributed by atoms with E-state index in [1.807, 2.05) is 7.05 Å². The molecule has 0 spiro atoms. The lowest BCUT2D eigenvalue weighted by Crippen LogP contribution is -2.54. The molecule has 232 valence electrons. The number of carbonyl (C=O) groups is 2. The summed E-state index contributed by atoms with van der Waals surface area (Å²) in [4.78, 5) is 38.5. The second-order valence-corrected chi connectivity index (χ2v) is 12.8. The summed E-state index contributed by atoms with van der Waals surface area (Å²) in [6.07, 6.45) is 3.47. The number of amides is 2. The van der Waals surface area contributed by atoms with Gasteiger partial charge in [-0.2, -0.15) is 18.2 Å². The van der Waals surface area contributed by atoms with Crippen molar-refractivity contribution in [2.75, 3.05) is 37.8 Å². The molecule has 0 unspecified atom stereocenters. The molecule has 43 heavy (non-hydrogen) atoms. The van der Waals surface area contributed by atoms with Crippen LogP contribution in [0, 0.1) is 17.8 Å².